The van der Waals surface area contributed by atoms with Crippen molar-refractivity contribution in [3.63, 3.8) is 0 Å². The van der Waals surface area contributed by atoms with Gasteiger partial charge in [-0.1, -0.05) is 68.1 Å². The minimum absolute atomic E-state index is 0.0619. The first kappa shape index (κ1) is 25.1. The van der Waals surface area contributed by atoms with E-state index >= 15 is 0 Å². The molecule has 178 valence electrons. The van der Waals surface area contributed by atoms with Gasteiger partial charge in [0.1, 0.15) is 11.8 Å². The average molecular weight is 471 g/mol. The Labute approximate surface area is 202 Å². The molecule has 0 unspecified atom stereocenters. The third-order valence-electron chi connectivity index (χ3n) is 6.31. The molecule has 0 aliphatic heterocycles. The number of hydrogen-bond donors (Lipinski definition) is 1. The lowest BCUT2D eigenvalue weighted by Crippen LogP contribution is -2.53. The van der Waals surface area contributed by atoms with E-state index in [4.69, 9.17) is 16.3 Å². The Morgan fingerprint density at radius 2 is 1.85 bits per heavy atom. The molecule has 0 saturated heterocycles. The quantitative estimate of drug-likeness (QED) is 0.510. The highest BCUT2D eigenvalue weighted by molar-refractivity contribution is 6.31. The largest absolute Gasteiger partial charge is 0.484 e. The zero-order valence-corrected chi connectivity index (χ0v) is 20.4. The number of ether oxygens (including phenoxy) is 1. The minimum Gasteiger partial charge on any atom is -0.484 e. The second-order valence-electron chi connectivity index (χ2n) is 8.79. The monoisotopic (exact) mass is 470 g/mol. The molecule has 1 aliphatic carbocycles. The maximum Gasteiger partial charge on any atom is 0.261 e. The summed E-state index contributed by atoms with van der Waals surface area (Å²) in [5, 5.41) is 3.86. The highest BCUT2D eigenvalue weighted by Crippen LogP contribution is 2.22. The van der Waals surface area contributed by atoms with Crippen molar-refractivity contribution in [1.29, 1.82) is 0 Å². The number of rotatable bonds is 10. The van der Waals surface area contributed by atoms with Gasteiger partial charge < -0.3 is 15.0 Å². The van der Waals surface area contributed by atoms with Crippen molar-refractivity contribution in [2.75, 3.05) is 13.2 Å². The molecule has 0 aromatic heterocycles. The van der Waals surface area contributed by atoms with Crippen LogP contribution in [0, 0.1) is 6.92 Å². The van der Waals surface area contributed by atoms with Crippen LogP contribution < -0.4 is 10.1 Å². The summed E-state index contributed by atoms with van der Waals surface area (Å²) in [6.07, 6.45) is 6.78. The van der Waals surface area contributed by atoms with Gasteiger partial charge in [-0.2, -0.15) is 0 Å². The van der Waals surface area contributed by atoms with Crippen LogP contribution in [0.5, 0.6) is 5.75 Å². The fourth-order valence-corrected chi connectivity index (χ4v) is 4.49. The van der Waals surface area contributed by atoms with Crippen LogP contribution in [-0.2, 0) is 16.0 Å². The number of halogens is 1. The van der Waals surface area contributed by atoms with Crippen LogP contribution in [0.25, 0.3) is 0 Å². The highest BCUT2D eigenvalue weighted by atomic mass is 35.5. The molecule has 5 nitrogen and oxygen atoms in total. The van der Waals surface area contributed by atoms with Gasteiger partial charge in [0.15, 0.2) is 6.61 Å². The number of benzene rings is 2. The summed E-state index contributed by atoms with van der Waals surface area (Å²) in [5.41, 5.74) is 2.02. The predicted octanol–water partition coefficient (Wildman–Crippen LogP) is 5.33. The second kappa shape index (κ2) is 12.6. The molecule has 1 atom stereocenters. The van der Waals surface area contributed by atoms with Gasteiger partial charge in [-0.3, -0.25) is 9.59 Å². The fraction of sp³-hybridized carbons (Fsp3) is 0.481. The maximum atomic E-state index is 13.3. The number of carbonyl (C=O) groups excluding carboxylic acids is 2. The molecule has 0 bridgehead atoms. The summed E-state index contributed by atoms with van der Waals surface area (Å²) in [5.74, 6) is 0.338. The standard InChI is InChI=1S/C27H35ClN2O3/c1-3-25(27(32)29-22-12-8-5-9-13-22)30(17-16-21-10-6-4-7-11-21)26(31)19-33-23-14-15-24(28)20(2)18-23/h4,6-7,10-11,14-15,18,22,25H,3,5,8-9,12-13,16-17,19H2,1-2H3,(H,29,32)/t25-/m1/s1. The summed E-state index contributed by atoms with van der Waals surface area (Å²) < 4.78 is 5.78. The number of hydrogen-bond acceptors (Lipinski definition) is 3. The molecule has 33 heavy (non-hydrogen) atoms. The fourth-order valence-electron chi connectivity index (χ4n) is 4.38. The molecular formula is C27H35ClN2O3. The van der Waals surface area contributed by atoms with E-state index in [2.05, 4.69) is 5.32 Å². The van der Waals surface area contributed by atoms with Gasteiger partial charge in [0.25, 0.3) is 5.91 Å². The first-order valence-electron chi connectivity index (χ1n) is 12.0. The SMILES string of the molecule is CC[C@H](C(=O)NC1CCCCC1)N(CCc1ccccc1)C(=O)COc1ccc(Cl)c(C)c1. The Hall–Kier alpha value is -2.53. The third kappa shape index (κ3) is 7.50. The van der Waals surface area contributed by atoms with E-state index in [1.807, 2.05) is 50.2 Å². The minimum atomic E-state index is -0.515. The Morgan fingerprint density at radius 1 is 1.12 bits per heavy atom. The van der Waals surface area contributed by atoms with Crippen LogP contribution >= 0.6 is 11.6 Å². The summed E-state index contributed by atoms with van der Waals surface area (Å²) in [6, 6.07) is 15.1. The summed E-state index contributed by atoms with van der Waals surface area (Å²) in [4.78, 5) is 28.2. The van der Waals surface area contributed by atoms with E-state index in [1.54, 1.807) is 17.0 Å². The van der Waals surface area contributed by atoms with Crippen molar-refractivity contribution in [3.05, 3.63) is 64.7 Å². The molecule has 0 spiro atoms. The van der Waals surface area contributed by atoms with Gasteiger partial charge >= 0.3 is 0 Å². The van der Waals surface area contributed by atoms with E-state index in [9.17, 15) is 9.59 Å². The Kier molecular flexibility index (Phi) is 9.61. The number of aryl methyl sites for hydroxylation is 1. The lowest BCUT2D eigenvalue weighted by molar-refractivity contribution is -0.142. The van der Waals surface area contributed by atoms with Crippen molar-refractivity contribution in [2.24, 2.45) is 0 Å². The number of carbonyl (C=O) groups is 2. The average Bonchev–Trinajstić information content (AvgIpc) is 2.83. The van der Waals surface area contributed by atoms with Gasteiger partial charge in [-0.05, 0) is 61.9 Å². The van der Waals surface area contributed by atoms with Crippen LogP contribution in [0.1, 0.15) is 56.6 Å². The van der Waals surface area contributed by atoms with E-state index in [0.717, 1.165) is 36.8 Å². The molecule has 0 heterocycles. The van der Waals surface area contributed by atoms with Crippen molar-refractivity contribution >= 4 is 23.4 Å². The van der Waals surface area contributed by atoms with E-state index in [0.29, 0.717) is 30.2 Å². The van der Waals surface area contributed by atoms with Crippen molar-refractivity contribution < 1.29 is 14.3 Å². The van der Waals surface area contributed by atoms with E-state index < -0.39 is 6.04 Å². The zero-order valence-electron chi connectivity index (χ0n) is 19.7. The van der Waals surface area contributed by atoms with Crippen LogP contribution in [-0.4, -0.2) is 41.9 Å². The smallest absolute Gasteiger partial charge is 0.261 e. The van der Waals surface area contributed by atoms with Gasteiger partial charge in [0, 0.05) is 17.6 Å². The lowest BCUT2D eigenvalue weighted by Gasteiger charge is -2.32. The number of nitrogens with one attached hydrogen (secondary N) is 1. The van der Waals surface area contributed by atoms with Crippen molar-refractivity contribution in [1.82, 2.24) is 10.2 Å². The Balaban J connectivity index is 1.70. The molecule has 3 rings (SSSR count). The van der Waals surface area contributed by atoms with Crippen LogP contribution in [0.4, 0.5) is 0 Å². The van der Waals surface area contributed by atoms with Gasteiger partial charge in [-0.15, -0.1) is 0 Å². The third-order valence-corrected chi connectivity index (χ3v) is 6.74. The molecule has 1 N–H and O–H groups in total. The number of nitrogens with zero attached hydrogens (tertiary/aromatic N) is 1. The molecule has 6 heteroatoms. The summed E-state index contributed by atoms with van der Waals surface area (Å²) in [7, 11) is 0. The normalized spacial score (nSPS) is 15.0. The Bertz CT molecular complexity index is 913. The molecule has 0 radical (unpaired) electrons. The summed E-state index contributed by atoms with van der Waals surface area (Å²) in [6.45, 7) is 4.19. The van der Waals surface area contributed by atoms with Crippen LogP contribution in [0.3, 0.4) is 0 Å². The van der Waals surface area contributed by atoms with E-state index in [-0.39, 0.29) is 24.5 Å². The van der Waals surface area contributed by atoms with Crippen LogP contribution in [0.2, 0.25) is 5.02 Å². The molecule has 2 aromatic rings. The molecular weight excluding hydrogens is 436 g/mol. The maximum absolute atomic E-state index is 13.3. The van der Waals surface area contributed by atoms with Gasteiger partial charge in [0.05, 0.1) is 0 Å². The summed E-state index contributed by atoms with van der Waals surface area (Å²) >= 11 is 6.09. The molecule has 1 saturated carbocycles. The molecule has 2 amide bonds. The van der Waals surface area contributed by atoms with Crippen LogP contribution in [0.15, 0.2) is 48.5 Å². The molecule has 1 aliphatic rings. The van der Waals surface area contributed by atoms with Gasteiger partial charge in [0.2, 0.25) is 5.91 Å². The van der Waals surface area contributed by atoms with E-state index in [1.165, 1.54) is 6.42 Å². The van der Waals surface area contributed by atoms with Crippen molar-refractivity contribution in [2.45, 2.75) is 70.9 Å². The second-order valence-corrected chi connectivity index (χ2v) is 9.20. The lowest BCUT2D eigenvalue weighted by atomic mass is 9.95. The zero-order chi connectivity index (χ0) is 23.6. The van der Waals surface area contributed by atoms with Crippen molar-refractivity contribution in [3.8, 4) is 5.75 Å². The van der Waals surface area contributed by atoms with Gasteiger partial charge in [-0.25, -0.2) is 0 Å². The first-order chi connectivity index (χ1) is 16.0. The Morgan fingerprint density at radius 3 is 2.52 bits per heavy atom. The highest BCUT2D eigenvalue weighted by Gasteiger charge is 2.30. The predicted molar refractivity (Wildman–Crippen MR) is 133 cm³/mol. The topological polar surface area (TPSA) is 58.6 Å². The molecule has 2 aromatic carbocycles. The molecule has 1 fully saturated rings. The number of amides is 2. The first-order valence-corrected chi connectivity index (χ1v) is 12.4.